The third kappa shape index (κ3) is 2.68. The molecule has 1 aromatic heterocycles. The molecule has 3 amide bonds. The molecule has 0 saturated carbocycles. The molecule has 2 aliphatic rings. The highest BCUT2D eigenvalue weighted by molar-refractivity contribution is 6.16. The molecule has 2 aliphatic heterocycles. The van der Waals surface area contributed by atoms with Gasteiger partial charge in [-0.15, -0.1) is 0 Å². The SMILES string of the molecule is O=C(CCN1C(=O)c2ccccc2N2C(=O)c3ccccc3[C@@H]12)Nc1ncc[nH]1. The molecule has 3 heterocycles. The average Bonchev–Trinajstić information content (AvgIpc) is 3.35. The Morgan fingerprint density at radius 3 is 2.59 bits per heavy atom. The van der Waals surface area contributed by atoms with Gasteiger partial charge in [0.1, 0.15) is 6.17 Å². The highest BCUT2D eigenvalue weighted by Gasteiger charge is 2.47. The second-order valence-corrected chi connectivity index (χ2v) is 6.89. The van der Waals surface area contributed by atoms with Crippen molar-refractivity contribution in [2.75, 3.05) is 16.8 Å². The van der Waals surface area contributed by atoms with Crippen molar-refractivity contribution in [3.8, 4) is 0 Å². The molecule has 0 fully saturated rings. The number of aromatic nitrogens is 2. The van der Waals surface area contributed by atoms with Gasteiger partial charge in [-0.2, -0.15) is 0 Å². The number of hydrogen-bond donors (Lipinski definition) is 2. The maximum absolute atomic E-state index is 13.2. The Balaban J connectivity index is 1.48. The Morgan fingerprint density at radius 1 is 1.03 bits per heavy atom. The van der Waals surface area contributed by atoms with E-state index in [1.807, 2.05) is 24.3 Å². The van der Waals surface area contributed by atoms with E-state index < -0.39 is 6.17 Å². The van der Waals surface area contributed by atoms with Crippen molar-refractivity contribution in [2.24, 2.45) is 0 Å². The molecule has 8 heteroatoms. The summed E-state index contributed by atoms with van der Waals surface area (Å²) < 4.78 is 0. The minimum absolute atomic E-state index is 0.0787. The van der Waals surface area contributed by atoms with Gasteiger partial charge in [0.25, 0.3) is 11.8 Å². The molecule has 2 aromatic carbocycles. The first kappa shape index (κ1) is 17.2. The molecule has 0 aliphatic carbocycles. The van der Waals surface area contributed by atoms with E-state index >= 15 is 0 Å². The number of imidazole rings is 1. The van der Waals surface area contributed by atoms with E-state index in [4.69, 9.17) is 0 Å². The Kier molecular flexibility index (Phi) is 3.90. The molecular weight excluding hydrogens is 370 g/mol. The zero-order chi connectivity index (χ0) is 20.0. The van der Waals surface area contributed by atoms with E-state index in [1.165, 1.54) is 0 Å². The van der Waals surface area contributed by atoms with Gasteiger partial charge in [0.2, 0.25) is 11.9 Å². The molecule has 29 heavy (non-hydrogen) atoms. The molecule has 0 unspecified atom stereocenters. The fourth-order valence-electron chi connectivity index (χ4n) is 3.95. The summed E-state index contributed by atoms with van der Waals surface area (Å²) >= 11 is 0. The van der Waals surface area contributed by atoms with Gasteiger partial charge in [-0.25, -0.2) is 4.98 Å². The first-order chi connectivity index (χ1) is 14.1. The zero-order valence-electron chi connectivity index (χ0n) is 15.3. The highest BCUT2D eigenvalue weighted by Crippen LogP contribution is 2.45. The number of para-hydroxylation sites is 1. The first-order valence-electron chi connectivity index (χ1n) is 9.27. The maximum Gasteiger partial charge on any atom is 0.260 e. The van der Waals surface area contributed by atoms with Crippen molar-refractivity contribution >= 4 is 29.4 Å². The Labute approximate surface area is 166 Å². The van der Waals surface area contributed by atoms with E-state index in [-0.39, 0.29) is 30.7 Å². The van der Waals surface area contributed by atoms with E-state index in [1.54, 1.807) is 46.5 Å². The number of carbonyl (C=O) groups excluding carboxylic acids is 3. The summed E-state index contributed by atoms with van der Waals surface area (Å²) in [6.45, 7) is 0.169. The largest absolute Gasteiger partial charge is 0.331 e. The van der Waals surface area contributed by atoms with Crippen LogP contribution in [0.15, 0.2) is 60.9 Å². The van der Waals surface area contributed by atoms with Gasteiger partial charge < -0.3 is 9.88 Å². The number of anilines is 2. The van der Waals surface area contributed by atoms with Crippen molar-refractivity contribution in [1.82, 2.24) is 14.9 Å². The number of rotatable bonds is 4. The molecule has 0 saturated heterocycles. The van der Waals surface area contributed by atoms with E-state index in [0.717, 1.165) is 5.56 Å². The zero-order valence-corrected chi connectivity index (χ0v) is 15.3. The number of H-pyrrole nitrogens is 1. The summed E-state index contributed by atoms with van der Waals surface area (Å²) in [5.41, 5.74) is 2.40. The Hall–Kier alpha value is -3.94. The van der Waals surface area contributed by atoms with Gasteiger partial charge in [-0.05, 0) is 18.2 Å². The maximum atomic E-state index is 13.2. The fourth-order valence-corrected chi connectivity index (χ4v) is 3.95. The number of fused-ring (bicyclic) bond motifs is 5. The van der Waals surface area contributed by atoms with Crippen LogP contribution < -0.4 is 10.2 Å². The van der Waals surface area contributed by atoms with E-state index in [0.29, 0.717) is 22.8 Å². The highest BCUT2D eigenvalue weighted by atomic mass is 16.2. The lowest BCUT2D eigenvalue weighted by Crippen LogP contribution is -2.49. The molecule has 0 bridgehead atoms. The summed E-state index contributed by atoms with van der Waals surface area (Å²) in [5, 5.41) is 2.66. The summed E-state index contributed by atoms with van der Waals surface area (Å²) in [6, 6.07) is 14.4. The molecule has 1 atom stereocenters. The van der Waals surface area contributed by atoms with Gasteiger partial charge in [-0.1, -0.05) is 30.3 Å². The molecule has 2 N–H and O–H groups in total. The van der Waals surface area contributed by atoms with Crippen LogP contribution in [0.3, 0.4) is 0 Å². The van der Waals surface area contributed by atoms with Crippen LogP contribution in [0, 0.1) is 0 Å². The topological polar surface area (TPSA) is 98.4 Å². The second-order valence-electron chi connectivity index (χ2n) is 6.89. The summed E-state index contributed by atoms with van der Waals surface area (Å²) in [5.74, 6) is -0.253. The van der Waals surface area contributed by atoms with Gasteiger partial charge >= 0.3 is 0 Å². The van der Waals surface area contributed by atoms with Crippen molar-refractivity contribution in [1.29, 1.82) is 0 Å². The summed E-state index contributed by atoms with van der Waals surface area (Å²) in [6.07, 6.45) is 2.67. The lowest BCUT2D eigenvalue weighted by atomic mass is 10.0. The van der Waals surface area contributed by atoms with Crippen LogP contribution in [0.4, 0.5) is 11.6 Å². The molecule has 0 spiro atoms. The predicted molar refractivity (Wildman–Crippen MR) is 105 cm³/mol. The van der Waals surface area contributed by atoms with E-state index in [9.17, 15) is 14.4 Å². The van der Waals surface area contributed by atoms with Gasteiger partial charge in [-0.3, -0.25) is 24.6 Å². The summed E-state index contributed by atoms with van der Waals surface area (Å²) in [7, 11) is 0. The number of aromatic amines is 1. The smallest absolute Gasteiger partial charge is 0.260 e. The van der Waals surface area contributed by atoms with Gasteiger partial charge in [0, 0.05) is 36.5 Å². The number of carbonyl (C=O) groups is 3. The quantitative estimate of drug-likeness (QED) is 0.719. The van der Waals surface area contributed by atoms with Crippen LogP contribution in [0.1, 0.15) is 38.9 Å². The number of nitrogens with one attached hydrogen (secondary N) is 2. The van der Waals surface area contributed by atoms with Crippen LogP contribution in [-0.4, -0.2) is 39.1 Å². The molecule has 144 valence electrons. The number of amides is 3. The molecule has 5 rings (SSSR count). The number of benzene rings is 2. The minimum atomic E-state index is -0.558. The lowest BCUT2D eigenvalue weighted by Gasteiger charge is -2.40. The van der Waals surface area contributed by atoms with Crippen molar-refractivity contribution < 1.29 is 14.4 Å². The molecule has 8 nitrogen and oxygen atoms in total. The van der Waals surface area contributed by atoms with Crippen LogP contribution in [0.5, 0.6) is 0 Å². The van der Waals surface area contributed by atoms with Crippen LogP contribution >= 0.6 is 0 Å². The monoisotopic (exact) mass is 387 g/mol. The molecule has 3 aromatic rings. The first-order valence-corrected chi connectivity index (χ1v) is 9.27. The fraction of sp³-hybridized carbons (Fsp3) is 0.143. The molecule has 0 radical (unpaired) electrons. The second kappa shape index (κ2) is 6.59. The lowest BCUT2D eigenvalue weighted by molar-refractivity contribution is -0.116. The minimum Gasteiger partial charge on any atom is -0.331 e. The average molecular weight is 387 g/mol. The van der Waals surface area contributed by atoms with Crippen molar-refractivity contribution in [3.63, 3.8) is 0 Å². The van der Waals surface area contributed by atoms with Crippen molar-refractivity contribution in [3.05, 3.63) is 77.6 Å². The van der Waals surface area contributed by atoms with Gasteiger partial charge in [0.05, 0.1) is 11.3 Å². The Morgan fingerprint density at radius 2 is 1.79 bits per heavy atom. The number of nitrogens with zero attached hydrogens (tertiary/aromatic N) is 3. The summed E-state index contributed by atoms with van der Waals surface area (Å²) in [4.78, 5) is 48.7. The third-order valence-corrected chi connectivity index (χ3v) is 5.22. The van der Waals surface area contributed by atoms with Crippen LogP contribution in [0.2, 0.25) is 0 Å². The normalized spacial score (nSPS) is 17.0. The predicted octanol–water partition coefficient (Wildman–Crippen LogP) is 2.55. The number of hydrogen-bond acceptors (Lipinski definition) is 4. The third-order valence-electron chi connectivity index (χ3n) is 5.22. The Bertz CT molecular complexity index is 1120. The van der Waals surface area contributed by atoms with E-state index in [2.05, 4.69) is 15.3 Å². The van der Waals surface area contributed by atoms with Gasteiger partial charge in [0.15, 0.2) is 0 Å². The van der Waals surface area contributed by atoms with Crippen LogP contribution in [-0.2, 0) is 4.79 Å². The van der Waals surface area contributed by atoms with Crippen LogP contribution in [0.25, 0.3) is 0 Å². The molecular formula is C21H17N5O3. The standard InChI is InChI=1S/C21H17N5O3/c27-17(24-21-22-10-11-23-21)9-12-25-18-13-5-1-2-6-14(13)20(29)26(18)16-8-4-3-7-15(16)19(25)28/h1-8,10-11,18H,9,12H2,(H2,22,23,24,27)/t18-/m0/s1. The van der Waals surface area contributed by atoms with Crippen molar-refractivity contribution in [2.45, 2.75) is 12.6 Å².